The van der Waals surface area contributed by atoms with Gasteiger partial charge in [0.15, 0.2) is 0 Å². The van der Waals surface area contributed by atoms with Gasteiger partial charge in [-0.15, -0.1) is 0 Å². The summed E-state index contributed by atoms with van der Waals surface area (Å²) in [6.45, 7) is 1.20. The van der Waals surface area contributed by atoms with E-state index < -0.39 is 5.97 Å². The quantitative estimate of drug-likeness (QED) is 0.912. The third kappa shape index (κ3) is 3.53. The highest BCUT2D eigenvalue weighted by molar-refractivity contribution is 5.86. The minimum Gasteiger partial charge on any atom is -0.477 e. The fourth-order valence-corrected chi connectivity index (χ4v) is 2.72. The first-order chi connectivity index (χ1) is 11.1. The molecule has 2 N–H and O–H groups in total. The molecule has 0 fully saturated rings. The first-order valence-corrected chi connectivity index (χ1v) is 7.53. The first kappa shape index (κ1) is 15.1. The molecule has 6 heteroatoms. The van der Waals surface area contributed by atoms with E-state index in [1.165, 1.54) is 0 Å². The zero-order valence-electron chi connectivity index (χ0n) is 12.6. The van der Waals surface area contributed by atoms with Crippen LogP contribution in [0.25, 0.3) is 0 Å². The molecule has 6 nitrogen and oxygen atoms in total. The monoisotopic (exact) mass is 314 g/mol. The number of benzene rings is 1. The number of carbonyl (C=O) groups is 2. The van der Waals surface area contributed by atoms with E-state index in [2.05, 4.69) is 4.98 Å². The molecule has 0 saturated heterocycles. The number of fused-ring (bicyclic) bond motifs is 1. The SMILES string of the molecule is O=C(O)c1cc2c([nH]1)CCCN(C(=O)OCc1ccccc1)C2. The molecule has 3 rings (SSSR count). The maximum Gasteiger partial charge on any atom is 0.410 e. The smallest absolute Gasteiger partial charge is 0.410 e. The summed E-state index contributed by atoms with van der Waals surface area (Å²) in [6, 6.07) is 11.1. The van der Waals surface area contributed by atoms with Crippen molar-refractivity contribution in [2.75, 3.05) is 6.54 Å². The molecule has 1 aromatic carbocycles. The minimum absolute atomic E-state index is 0.162. The fraction of sp³-hybridized carbons (Fsp3) is 0.294. The Balaban J connectivity index is 1.65. The van der Waals surface area contributed by atoms with Crippen molar-refractivity contribution in [3.05, 3.63) is 58.9 Å². The molecular weight excluding hydrogens is 296 g/mol. The van der Waals surface area contributed by atoms with E-state index >= 15 is 0 Å². The Kier molecular flexibility index (Phi) is 4.32. The molecule has 1 amide bonds. The van der Waals surface area contributed by atoms with E-state index in [0.717, 1.165) is 29.7 Å². The summed E-state index contributed by atoms with van der Waals surface area (Å²) in [6.07, 6.45) is 1.12. The van der Waals surface area contributed by atoms with Crippen molar-refractivity contribution < 1.29 is 19.4 Å². The standard InChI is InChI=1S/C17H18N2O4/c20-16(21)15-9-13-10-19(8-4-7-14(13)18-15)17(22)23-11-12-5-2-1-3-6-12/h1-3,5-6,9,18H,4,7-8,10-11H2,(H,20,21). The van der Waals surface area contributed by atoms with Crippen LogP contribution in [-0.2, 0) is 24.3 Å². The van der Waals surface area contributed by atoms with Crippen molar-refractivity contribution in [1.82, 2.24) is 9.88 Å². The van der Waals surface area contributed by atoms with Gasteiger partial charge in [-0.2, -0.15) is 0 Å². The predicted octanol–water partition coefficient (Wildman–Crippen LogP) is 2.80. The van der Waals surface area contributed by atoms with Gasteiger partial charge in [0.05, 0.1) is 6.54 Å². The van der Waals surface area contributed by atoms with E-state index in [9.17, 15) is 9.59 Å². The number of aromatic carboxylic acids is 1. The number of rotatable bonds is 3. The third-order valence-electron chi connectivity index (χ3n) is 3.90. The summed E-state index contributed by atoms with van der Waals surface area (Å²) in [5, 5.41) is 9.05. The van der Waals surface area contributed by atoms with Crippen molar-refractivity contribution in [3.8, 4) is 0 Å². The molecule has 23 heavy (non-hydrogen) atoms. The second-order valence-corrected chi connectivity index (χ2v) is 5.56. The van der Waals surface area contributed by atoms with Gasteiger partial charge in [0.2, 0.25) is 0 Å². The van der Waals surface area contributed by atoms with Crippen LogP contribution in [0, 0.1) is 0 Å². The minimum atomic E-state index is -0.990. The Morgan fingerprint density at radius 3 is 2.78 bits per heavy atom. The number of hydrogen-bond acceptors (Lipinski definition) is 3. The lowest BCUT2D eigenvalue weighted by molar-refractivity contribution is 0.0691. The molecule has 0 spiro atoms. The van der Waals surface area contributed by atoms with Gasteiger partial charge >= 0.3 is 12.1 Å². The number of carboxylic acid groups (broad SMARTS) is 1. The van der Waals surface area contributed by atoms with Gasteiger partial charge in [-0.3, -0.25) is 0 Å². The van der Waals surface area contributed by atoms with Gasteiger partial charge < -0.3 is 19.7 Å². The highest BCUT2D eigenvalue weighted by atomic mass is 16.6. The van der Waals surface area contributed by atoms with Crippen LogP contribution in [0.15, 0.2) is 36.4 Å². The van der Waals surface area contributed by atoms with Crippen molar-refractivity contribution >= 4 is 12.1 Å². The van der Waals surface area contributed by atoms with Crippen LogP contribution in [-0.4, -0.2) is 33.6 Å². The lowest BCUT2D eigenvalue weighted by Crippen LogP contribution is -2.31. The van der Waals surface area contributed by atoms with Gasteiger partial charge in [-0.1, -0.05) is 30.3 Å². The van der Waals surface area contributed by atoms with Crippen molar-refractivity contribution in [3.63, 3.8) is 0 Å². The largest absolute Gasteiger partial charge is 0.477 e. The number of aromatic nitrogens is 1. The van der Waals surface area contributed by atoms with E-state index in [-0.39, 0.29) is 18.4 Å². The van der Waals surface area contributed by atoms with Gasteiger partial charge in [0, 0.05) is 12.2 Å². The maximum atomic E-state index is 12.3. The van der Waals surface area contributed by atoms with Gasteiger partial charge in [0.1, 0.15) is 12.3 Å². The summed E-state index contributed by atoms with van der Waals surface area (Å²) in [4.78, 5) is 27.8. The number of H-pyrrole nitrogens is 1. The topological polar surface area (TPSA) is 82.6 Å². The number of hydrogen-bond donors (Lipinski definition) is 2. The molecule has 1 aromatic heterocycles. The molecule has 0 saturated carbocycles. The van der Waals surface area contributed by atoms with Crippen LogP contribution < -0.4 is 0 Å². The zero-order valence-corrected chi connectivity index (χ0v) is 12.6. The second-order valence-electron chi connectivity index (χ2n) is 5.56. The summed E-state index contributed by atoms with van der Waals surface area (Å²) in [5.41, 5.74) is 2.83. The second kappa shape index (κ2) is 6.56. The molecule has 0 radical (unpaired) electrons. The molecule has 1 aliphatic heterocycles. The number of nitrogens with one attached hydrogen (secondary N) is 1. The van der Waals surface area contributed by atoms with Crippen molar-refractivity contribution in [2.45, 2.75) is 26.0 Å². The lowest BCUT2D eigenvalue weighted by atomic mass is 10.2. The van der Waals surface area contributed by atoms with Crippen molar-refractivity contribution in [1.29, 1.82) is 0 Å². The third-order valence-corrected chi connectivity index (χ3v) is 3.90. The number of nitrogens with zero attached hydrogens (tertiary/aromatic N) is 1. The summed E-state index contributed by atoms with van der Waals surface area (Å²) in [5.74, 6) is -0.990. The van der Waals surface area contributed by atoms with E-state index in [1.807, 2.05) is 30.3 Å². The highest BCUT2D eigenvalue weighted by Gasteiger charge is 2.23. The van der Waals surface area contributed by atoms with Gasteiger partial charge in [-0.25, -0.2) is 9.59 Å². The fourth-order valence-electron chi connectivity index (χ4n) is 2.72. The zero-order chi connectivity index (χ0) is 16.2. The lowest BCUT2D eigenvalue weighted by Gasteiger charge is -2.20. The first-order valence-electron chi connectivity index (χ1n) is 7.53. The molecular formula is C17H18N2O4. The van der Waals surface area contributed by atoms with Crippen LogP contribution in [0.3, 0.4) is 0 Å². The van der Waals surface area contributed by atoms with Crippen LogP contribution >= 0.6 is 0 Å². The number of aryl methyl sites for hydroxylation is 1. The van der Waals surface area contributed by atoms with Crippen LogP contribution in [0.4, 0.5) is 4.79 Å². The molecule has 0 aliphatic carbocycles. The summed E-state index contributed by atoms with van der Waals surface area (Å²) >= 11 is 0. The van der Waals surface area contributed by atoms with Gasteiger partial charge in [0.25, 0.3) is 0 Å². The number of carboxylic acids is 1. The molecule has 0 atom stereocenters. The molecule has 0 unspecified atom stereocenters. The van der Waals surface area contributed by atoms with E-state index in [0.29, 0.717) is 13.1 Å². The predicted molar refractivity (Wildman–Crippen MR) is 83.1 cm³/mol. The molecule has 0 bridgehead atoms. The normalized spacial score (nSPS) is 14.0. The average molecular weight is 314 g/mol. The summed E-state index contributed by atoms with van der Waals surface area (Å²) < 4.78 is 5.35. The van der Waals surface area contributed by atoms with Gasteiger partial charge in [-0.05, 0) is 30.0 Å². The van der Waals surface area contributed by atoms with E-state index in [1.54, 1.807) is 11.0 Å². The Labute approximate surface area is 133 Å². The number of amides is 1. The highest BCUT2D eigenvalue weighted by Crippen LogP contribution is 2.20. The number of carbonyl (C=O) groups excluding carboxylic acids is 1. The Morgan fingerprint density at radius 1 is 1.26 bits per heavy atom. The number of ether oxygens (including phenoxy) is 1. The maximum absolute atomic E-state index is 12.3. The Morgan fingerprint density at radius 2 is 2.04 bits per heavy atom. The van der Waals surface area contributed by atoms with Crippen molar-refractivity contribution in [2.24, 2.45) is 0 Å². The van der Waals surface area contributed by atoms with Crippen LogP contribution in [0.5, 0.6) is 0 Å². The Hall–Kier alpha value is -2.76. The molecule has 120 valence electrons. The van der Waals surface area contributed by atoms with E-state index in [4.69, 9.17) is 9.84 Å². The summed E-state index contributed by atoms with van der Waals surface area (Å²) in [7, 11) is 0. The van der Waals surface area contributed by atoms with Crippen LogP contribution in [0.2, 0.25) is 0 Å². The number of aromatic amines is 1. The molecule has 2 aromatic rings. The average Bonchev–Trinajstić information content (AvgIpc) is 2.86. The molecule has 1 aliphatic rings. The molecule has 2 heterocycles. The Bertz CT molecular complexity index is 709. The van der Waals surface area contributed by atoms with Crippen LogP contribution in [0.1, 0.15) is 33.7 Å².